The second-order valence-electron chi connectivity index (χ2n) is 28.9. The van der Waals surface area contributed by atoms with Crippen molar-refractivity contribution in [1.82, 2.24) is 0 Å². The van der Waals surface area contributed by atoms with Crippen molar-refractivity contribution in [3.8, 4) is 0 Å². The van der Waals surface area contributed by atoms with Crippen LogP contribution in [-0.2, 0) is 65.4 Å². The maximum absolute atomic E-state index is 13.1. The summed E-state index contributed by atoms with van der Waals surface area (Å²) in [5.41, 5.74) is 0. The maximum atomic E-state index is 13.1. The van der Waals surface area contributed by atoms with Crippen molar-refractivity contribution >= 4 is 39.5 Å². The van der Waals surface area contributed by atoms with Crippen LogP contribution in [0.2, 0.25) is 0 Å². The molecule has 0 aromatic carbocycles. The Morgan fingerprint density at radius 2 is 0.490 bits per heavy atom. The van der Waals surface area contributed by atoms with Gasteiger partial charge in [0.2, 0.25) is 0 Å². The molecule has 98 heavy (non-hydrogen) atoms. The maximum Gasteiger partial charge on any atom is 0.472 e. The fourth-order valence-corrected chi connectivity index (χ4v) is 13.7. The van der Waals surface area contributed by atoms with Gasteiger partial charge < -0.3 is 33.8 Å². The van der Waals surface area contributed by atoms with Crippen LogP contribution < -0.4 is 0 Å². The average molecular weight is 1440 g/mol. The van der Waals surface area contributed by atoms with Gasteiger partial charge in [0.25, 0.3) is 0 Å². The first-order chi connectivity index (χ1) is 47.4. The molecule has 17 nitrogen and oxygen atoms in total. The normalized spacial score (nSPS) is 14.5. The molecule has 4 unspecified atom stereocenters. The predicted octanol–water partition coefficient (Wildman–Crippen LogP) is 23.5. The zero-order chi connectivity index (χ0) is 72.1. The Labute approximate surface area is 600 Å². The molecule has 0 aromatic rings. The summed E-state index contributed by atoms with van der Waals surface area (Å²) in [4.78, 5) is 73.0. The number of aliphatic hydroxyl groups is 1. The summed E-state index contributed by atoms with van der Waals surface area (Å²) in [5, 5.41) is 10.6. The zero-order valence-corrected chi connectivity index (χ0v) is 65.9. The van der Waals surface area contributed by atoms with Crippen molar-refractivity contribution in [3.05, 3.63) is 0 Å². The lowest BCUT2D eigenvalue weighted by molar-refractivity contribution is -0.161. The fraction of sp³-hybridized carbons (Fsp3) is 0.949. The third kappa shape index (κ3) is 69.8. The number of phosphoric acid groups is 2. The van der Waals surface area contributed by atoms with Crippen LogP contribution in [0.5, 0.6) is 0 Å². The highest BCUT2D eigenvalue weighted by atomic mass is 31.2. The van der Waals surface area contributed by atoms with Gasteiger partial charge in [-0.3, -0.25) is 37.3 Å². The standard InChI is InChI=1S/C79H154O17P2/c1-7-11-13-15-17-19-21-23-25-26-27-28-30-32-34-36-45-51-57-63-78(83)95-74(67-89-76(81)61-55-49-43-35-33-31-29-24-22-20-18-16-14-12-8-2)69-93-97(85,86)91-65-73(80)66-92-98(87,88)94-70-75(96-79(84)64-58-52-46-40-38-42-48-54-60-72(6)10-4)68-90-77(82)62-56-50-44-39-37-41-47-53-59-71(5)9-3/h71-75,80H,7-70H2,1-6H3,(H,85,86)(H,87,88)/t71?,72?,73-,74-,75-/m1/s1. The van der Waals surface area contributed by atoms with Gasteiger partial charge in [0, 0.05) is 25.7 Å². The minimum atomic E-state index is -4.96. The lowest BCUT2D eigenvalue weighted by Crippen LogP contribution is -2.30. The van der Waals surface area contributed by atoms with E-state index in [2.05, 4.69) is 41.5 Å². The summed E-state index contributed by atoms with van der Waals surface area (Å²) in [5.74, 6) is -0.565. The molecule has 0 spiro atoms. The number of carbonyl (C=O) groups excluding carboxylic acids is 4. The lowest BCUT2D eigenvalue weighted by atomic mass is 9.99. The largest absolute Gasteiger partial charge is 0.472 e. The van der Waals surface area contributed by atoms with Crippen molar-refractivity contribution in [2.45, 2.75) is 432 Å². The molecule has 19 heteroatoms. The molecule has 7 atom stereocenters. The van der Waals surface area contributed by atoms with Gasteiger partial charge in [-0.2, -0.15) is 0 Å². The number of esters is 4. The molecule has 0 fully saturated rings. The molecule has 0 aliphatic heterocycles. The van der Waals surface area contributed by atoms with Crippen LogP contribution >= 0.6 is 15.6 Å². The van der Waals surface area contributed by atoms with Crippen molar-refractivity contribution in [1.29, 1.82) is 0 Å². The van der Waals surface area contributed by atoms with Crippen molar-refractivity contribution in [2.75, 3.05) is 39.6 Å². The van der Waals surface area contributed by atoms with Gasteiger partial charge in [0.15, 0.2) is 12.2 Å². The number of hydrogen-bond acceptors (Lipinski definition) is 15. The Balaban J connectivity index is 5.25. The highest BCUT2D eigenvalue weighted by molar-refractivity contribution is 7.47. The van der Waals surface area contributed by atoms with Crippen molar-refractivity contribution < 1.29 is 80.2 Å². The molecule has 3 N–H and O–H groups in total. The minimum Gasteiger partial charge on any atom is -0.462 e. The fourth-order valence-electron chi connectivity index (χ4n) is 12.1. The molecule has 0 aromatic heterocycles. The van der Waals surface area contributed by atoms with Crippen LogP contribution in [-0.4, -0.2) is 96.7 Å². The molecule has 0 heterocycles. The number of rotatable bonds is 78. The summed E-state index contributed by atoms with van der Waals surface area (Å²) >= 11 is 0. The monoisotopic (exact) mass is 1440 g/mol. The molecule has 0 saturated heterocycles. The van der Waals surface area contributed by atoms with E-state index in [-0.39, 0.29) is 25.7 Å². The van der Waals surface area contributed by atoms with E-state index in [1.54, 1.807) is 0 Å². The summed E-state index contributed by atoms with van der Waals surface area (Å²) in [7, 11) is -9.92. The first-order valence-electron chi connectivity index (χ1n) is 41.1. The molecule has 0 rings (SSSR count). The number of carbonyl (C=O) groups is 4. The SMILES string of the molecule is CCCCCCCCCCCCCCCCCCCCCC(=O)O[C@H](COC(=O)CCCCCCCCCCCCCCCCC)COP(=O)(O)OC[C@@H](O)COP(=O)(O)OC[C@@H](COC(=O)CCCCCCCCCCC(C)CC)OC(=O)CCCCCCCCCCC(C)CC. The molecule has 0 aliphatic carbocycles. The van der Waals surface area contributed by atoms with E-state index < -0.39 is 97.5 Å². The highest BCUT2D eigenvalue weighted by Gasteiger charge is 2.30. The van der Waals surface area contributed by atoms with Crippen LogP contribution in [0.15, 0.2) is 0 Å². The first kappa shape index (κ1) is 96.1. The van der Waals surface area contributed by atoms with Gasteiger partial charge in [0.1, 0.15) is 19.3 Å². The van der Waals surface area contributed by atoms with Crippen LogP contribution in [0, 0.1) is 11.8 Å². The third-order valence-electron chi connectivity index (χ3n) is 19.2. The van der Waals surface area contributed by atoms with E-state index in [0.29, 0.717) is 25.7 Å². The Hall–Kier alpha value is -1.94. The van der Waals surface area contributed by atoms with E-state index >= 15 is 0 Å². The lowest BCUT2D eigenvalue weighted by Gasteiger charge is -2.21. The van der Waals surface area contributed by atoms with Crippen LogP contribution in [0.1, 0.15) is 414 Å². The Kier molecular flexibility index (Phi) is 69.3. The molecular formula is C79H154O17P2. The van der Waals surface area contributed by atoms with Gasteiger partial charge in [-0.15, -0.1) is 0 Å². The van der Waals surface area contributed by atoms with Crippen molar-refractivity contribution in [2.24, 2.45) is 11.8 Å². The Morgan fingerprint density at radius 3 is 0.724 bits per heavy atom. The Morgan fingerprint density at radius 1 is 0.286 bits per heavy atom. The number of ether oxygens (including phenoxy) is 4. The number of phosphoric ester groups is 2. The van der Waals surface area contributed by atoms with E-state index in [1.165, 1.54) is 231 Å². The van der Waals surface area contributed by atoms with E-state index in [9.17, 15) is 43.2 Å². The molecule has 0 bridgehead atoms. The summed E-state index contributed by atoms with van der Waals surface area (Å²) in [6.07, 6.45) is 59.5. The minimum absolute atomic E-state index is 0.105. The summed E-state index contributed by atoms with van der Waals surface area (Å²) < 4.78 is 68.7. The van der Waals surface area contributed by atoms with Crippen LogP contribution in [0.25, 0.3) is 0 Å². The molecule has 0 amide bonds. The molecular weight excluding hydrogens is 1280 g/mol. The third-order valence-corrected chi connectivity index (χ3v) is 21.1. The quantitative estimate of drug-likeness (QED) is 0.0222. The molecule has 0 saturated carbocycles. The molecule has 0 aliphatic rings. The average Bonchev–Trinajstić information content (AvgIpc) is 1.06. The van der Waals surface area contributed by atoms with E-state index in [4.69, 9.17) is 37.0 Å². The highest BCUT2D eigenvalue weighted by Crippen LogP contribution is 2.45. The van der Waals surface area contributed by atoms with Gasteiger partial charge >= 0.3 is 39.5 Å². The summed E-state index contributed by atoms with van der Waals surface area (Å²) in [6.45, 7) is 9.62. The number of hydrogen-bond donors (Lipinski definition) is 3. The van der Waals surface area contributed by atoms with Gasteiger partial charge in [-0.25, -0.2) is 9.13 Å². The van der Waals surface area contributed by atoms with Crippen LogP contribution in [0.4, 0.5) is 0 Å². The smallest absolute Gasteiger partial charge is 0.462 e. The van der Waals surface area contributed by atoms with E-state index in [1.807, 2.05) is 0 Å². The second-order valence-corrected chi connectivity index (χ2v) is 31.8. The summed E-state index contributed by atoms with van der Waals surface area (Å²) in [6, 6.07) is 0. The second kappa shape index (κ2) is 70.7. The topological polar surface area (TPSA) is 237 Å². The van der Waals surface area contributed by atoms with Crippen LogP contribution in [0.3, 0.4) is 0 Å². The van der Waals surface area contributed by atoms with Crippen molar-refractivity contribution in [3.63, 3.8) is 0 Å². The van der Waals surface area contributed by atoms with Gasteiger partial charge in [-0.1, -0.05) is 363 Å². The zero-order valence-electron chi connectivity index (χ0n) is 64.1. The number of unbranched alkanes of at least 4 members (excludes halogenated alkanes) is 46. The van der Waals surface area contributed by atoms with Gasteiger partial charge in [0.05, 0.1) is 26.4 Å². The first-order valence-corrected chi connectivity index (χ1v) is 44.1. The predicted molar refractivity (Wildman–Crippen MR) is 400 cm³/mol. The van der Waals surface area contributed by atoms with Gasteiger partial charge in [-0.05, 0) is 37.5 Å². The number of aliphatic hydroxyl groups excluding tert-OH is 1. The molecule has 582 valence electrons. The Bertz CT molecular complexity index is 1890. The molecule has 0 radical (unpaired) electrons. The van der Waals surface area contributed by atoms with E-state index in [0.717, 1.165) is 102 Å².